The van der Waals surface area contributed by atoms with Gasteiger partial charge in [0.05, 0.1) is 30.3 Å². The lowest BCUT2D eigenvalue weighted by Gasteiger charge is -2.30. The van der Waals surface area contributed by atoms with Crippen molar-refractivity contribution in [2.24, 2.45) is 0 Å². The zero-order valence-electron chi connectivity index (χ0n) is 22.9. The van der Waals surface area contributed by atoms with Crippen LogP contribution in [0.5, 0.6) is 0 Å². The fourth-order valence-corrected chi connectivity index (χ4v) is 4.67. The number of hydrogen-bond acceptors (Lipinski definition) is 6. The first-order valence-electron chi connectivity index (χ1n) is 13.9. The van der Waals surface area contributed by atoms with Gasteiger partial charge in [0, 0.05) is 23.8 Å². The monoisotopic (exact) mass is 498 g/mol. The number of ether oxygens (including phenoxy) is 2. The SMILES string of the molecule is CCCCCCCCOC(=O)C1=C(C)NC(C)=C(C(=O)OCCCCCCCC)C1c1ccncc1. The predicted octanol–water partition coefficient (Wildman–Crippen LogP) is 7.12. The number of carbonyl (C=O) groups is 2. The summed E-state index contributed by atoms with van der Waals surface area (Å²) in [6, 6.07) is 3.69. The molecule has 0 bridgehead atoms. The molecule has 0 spiro atoms. The molecule has 2 heterocycles. The lowest BCUT2D eigenvalue weighted by molar-refractivity contribution is -0.140. The first kappa shape index (κ1) is 29.6. The summed E-state index contributed by atoms with van der Waals surface area (Å²) in [7, 11) is 0. The highest BCUT2D eigenvalue weighted by Crippen LogP contribution is 2.39. The second-order valence-electron chi connectivity index (χ2n) is 9.72. The number of nitrogens with zero attached hydrogens (tertiary/aromatic N) is 1. The van der Waals surface area contributed by atoms with Crippen molar-refractivity contribution in [1.29, 1.82) is 0 Å². The molecule has 36 heavy (non-hydrogen) atoms. The van der Waals surface area contributed by atoms with Gasteiger partial charge in [-0.25, -0.2) is 9.59 Å². The van der Waals surface area contributed by atoms with Gasteiger partial charge in [0.2, 0.25) is 0 Å². The molecule has 0 saturated heterocycles. The van der Waals surface area contributed by atoms with Crippen molar-refractivity contribution < 1.29 is 19.1 Å². The minimum Gasteiger partial charge on any atom is -0.462 e. The Morgan fingerprint density at radius 3 is 1.58 bits per heavy atom. The normalized spacial score (nSPS) is 14.1. The van der Waals surface area contributed by atoms with Gasteiger partial charge in [-0.15, -0.1) is 0 Å². The molecule has 0 aromatic carbocycles. The number of pyridine rings is 1. The van der Waals surface area contributed by atoms with Crippen LogP contribution in [0.2, 0.25) is 0 Å². The fourth-order valence-electron chi connectivity index (χ4n) is 4.67. The summed E-state index contributed by atoms with van der Waals surface area (Å²) in [6.07, 6.45) is 16.8. The number of nitrogens with one attached hydrogen (secondary N) is 1. The largest absolute Gasteiger partial charge is 0.462 e. The Labute approximate surface area is 217 Å². The first-order valence-corrected chi connectivity index (χ1v) is 13.9. The number of rotatable bonds is 17. The molecule has 0 aliphatic carbocycles. The van der Waals surface area contributed by atoms with Crippen LogP contribution < -0.4 is 5.32 Å². The lowest BCUT2D eigenvalue weighted by Crippen LogP contribution is -2.32. The molecule has 2 rings (SSSR count). The molecular formula is C30H46N2O4. The standard InChI is InChI=1S/C30H46N2O4/c1-5-7-9-11-13-15-21-35-29(33)26-23(3)32-24(4)27(28(26)25-17-19-31-20-18-25)30(34)36-22-16-14-12-10-8-6-2/h17-20,28,32H,5-16,21-22H2,1-4H3. The predicted molar refractivity (Wildman–Crippen MR) is 144 cm³/mol. The van der Waals surface area contributed by atoms with Crippen molar-refractivity contribution in [2.45, 2.75) is 111 Å². The van der Waals surface area contributed by atoms with E-state index in [2.05, 4.69) is 24.1 Å². The Morgan fingerprint density at radius 1 is 0.722 bits per heavy atom. The molecule has 6 heteroatoms. The number of aromatic nitrogens is 1. The van der Waals surface area contributed by atoms with Gasteiger partial charge in [0.1, 0.15) is 0 Å². The number of esters is 2. The van der Waals surface area contributed by atoms with Crippen molar-refractivity contribution in [3.05, 3.63) is 52.6 Å². The molecule has 0 unspecified atom stereocenters. The van der Waals surface area contributed by atoms with Crippen LogP contribution in [0.25, 0.3) is 0 Å². The Bertz CT molecular complexity index is 824. The zero-order valence-corrected chi connectivity index (χ0v) is 22.9. The molecule has 6 nitrogen and oxygen atoms in total. The third-order valence-corrected chi connectivity index (χ3v) is 6.70. The van der Waals surface area contributed by atoms with Crippen LogP contribution in [0.4, 0.5) is 0 Å². The van der Waals surface area contributed by atoms with E-state index < -0.39 is 5.92 Å². The smallest absolute Gasteiger partial charge is 0.336 e. The summed E-state index contributed by atoms with van der Waals surface area (Å²) in [4.78, 5) is 30.7. The topological polar surface area (TPSA) is 77.5 Å². The second kappa shape index (κ2) is 16.9. The van der Waals surface area contributed by atoms with E-state index in [0.717, 1.165) is 44.1 Å². The minimum absolute atomic E-state index is 0.380. The van der Waals surface area contributed by atoms with Gasteiger partial charge in [-0.1, -0.05) is 78.1 Å². The first-order chi connectivity index (χ1) is 17.5. The van der Waals surface area contributed by atoms with Crippen molar-refractivity contribution in [3.63, 3.8) is 0 Å². The van der Waals surface area contributed by atoms with Gasteiger partial charge in [0.15, 0.2) is 0 Å². The van der Waals surface area contributed by atoms with Crippen molar-refractivity contribution >= 4 is 11.9 Å². The maximum absolute atomic E-state index is 13.3. The zero-order chi connectivity index (χ0) is 26.2. The third kappa shape index (κ3) is 9.44. The molecule has 0 saturated carbocycles. The highest BCUT2D eigenvalue weighted by Gasteiger charge is 2.38. The maximum Gasteiger partial charge on any atom is 0.336 e. The van der Waals surface area contributed by atoms with E-state index in [4.69, 9.17) is 9.47 Å². The van der Waals surface area contributed by atoms with E-state index in [-0.39, 0.29) is 11.9 Å². The van der Waals surface area contributed by atoms with E-state index in [1.807, 2.05) is 26.0 Å². The summed E-state index contributed by atoms with van der Waals surface area (Å²) in [6.45, 7) is 8.87. The molecule has 200 valence electrons. The van der Waals surface area contributed by atoms with Gasteiger partial charge >= 0.3 is 11.9 Å². The molecule has 1 aliphatic rings. The number of hydrogen-bond donors (Lipinski definition) is 1. The van der Waals surface area contributed by atoms with Crippen LogP contribution in [-0.2, 0) is 19.1 Å². The van der Waals surface area contributed by atoms with Crippen LogP contribution >= 0.6 is 0 Å². The molecule has 0 fully saturated rings. The highest BCUT2D eigenvalue weighted by atomic mass is 16.5. The molecule has 1 aliphatic heterocycles. The van der Waals surface area contributed by atoms with E-state index in [0.29, 0.717) is 35.8 Å². The molecule has 0 atom stereocenters. The minimum atomic E-state index is -0.552. The Balaban J connectivity index is 2.08. The summed E-state index contributed by atoms with van der Waals surface area (Å²) in [5.41, 5.74) is 3.15. The second-order valence-corrected chi connectivity index (χ2v) is 9.72. The van der Waals surface area contributed by atoms with E-state index in [1.165, 1.54) is 38.5 Å². The van der Waals surface area contributed by atoms with Gasteiger partial charge in [-0.05, 0) is 44.4 Å². The van der Waals surface area contributed by atoms with Crippen LogP contribution in [0.3, 0.4) is 0 Å². The molecule has 1 aromatic heterocycles. The van der Waals surface area contributed by atoms with Crippen molar-refractivity contribution in [2.75, 3.05) is 13.2 Å². The van der Waals surface area contributed by atoms with Crippen molar-refractivity contribution in [3.8, 4) is 0 Å². The quantitative estimate of drug-likeness (QED) is 0.182. The number of allylic oxidation sites excluding steroid dienone is 2. The third-order valence-electron chi connectivity index (χ3n) is 6.70. The average molecular weight is 499 g/mol. The summed E-state index contributed by atoms with van der Waals surface area (Å²) in [5, 5.41) is 3.23. The molecular weight excluding hydrogens is 452 g/mol. The Morgan fingerprint density at radius 2 is 1.14 bits per heavy atom. The number of unbranched alkanes of at least 4 members (excludes halogenated alkanes) is 10. The lowest BCUT2D eigenvalue weighted by atomic mass is 9.81. The Hall–Kier alpha value is -2.63. The molecule has 0 amide bonds. The van der Waals surface area contributed by atoms with Gasteiger partial charge in [-0.3, -0.25) is 4.98 Å². The van der Waals surface area contributed by atoms with Crippen LogP contribution in [0, 0.1) is 0 Å². The molecule has 0 radical (unpaired) electrons. The Kier molecular flexibility index (Phi) is 13.9. The molecule has 1 N–H and O–H groups in total. The van der Waals surface area contributed by atoms with Crippen LogP contribution in [0.1, 0.15) is 116 Å². The van der Waals surface area contributed by atoms with Crippen LogP contribution in [0.15, 0.2) is 47.1 Å². The van der Waals surface area contributed by atoms with Gasteiger partial charge in [-0.2, -0.15) is 0 Å². The van der Waals surface area contributed by atoms with Gasteiger partial charge in [0.25, 0.3) is 0 Å². The van der Waals surface area contributed by atoms with E-state index in [9.17, 15) is 9.59 Å². The maximum atomic E-state index is 13.3. The van der Waals surface area contributed by atoms with Crippen LogP contribution in [-0.4, -0.2) is 30.1 Å². The van der Waals surface area contributed by atoms with E-state index in [1.54, 1.807) is 12.4 Å². The fraction of sp³-hybridized carbons (Fsp3) is 0.633. The average Bonchev–Trinajstić information content (AvgIpc) is 2.87. The van der Waals surface area contributed by atoms with Crippen molar-refractivity contribution in [1.82, 2.24) is 10.3 Å². The summed E-state index contributed by atoms with van der Waals surface area (Å²) < 4.78 is 11.4. The highest BCUT2D eigenvalue weighted by molar-refractivity contribution is 5.99. The summed E-state index contributed by atoms with van der Waals surface area (Å²) in [5.74, 6) is -1.32. The number of carbonyl (C=O) groups excluding carboxylic acids is 2. The van der Waals surface area contributed by atoms with Gasteiger partial charge < -0.3 is 14.8 Å². The number of dihydropyridines is 1. The summed E-state index contributed by atoms with van der Waals surface area (Å²) >= 11 is 0. The molecule has 1 aromatic rings. The van der Waals surface area contributed by atoms with E-state index >= 15 is 0 Å².